The number of aromatic nitrogens is 2. The molecule has 1 aromatic rings. The molecule has 2 aliphatic heterocycles. The molecule has 0 atom stereocenters. The van der Waals surface area contributed by atoms with E-state index >= 15 is 0 Å². The Morgan fingerprint density at radius 1 is 1.12 bits per heavy atom. The summed E-state index contributed by atoms with van der Waals surface area (Å²) in [4.78, 5) is 15.0. The normalized spacial score (nSPS) is 10.8. The van der Waals surface area contributed by atoms with Crippen LogP contribution in [0.15, 0.2) is 50.1 Å². The molecule has 2 aliphatic rings. The summed E-state index contributed by atoms with van der Waals surface area (Å²) in [5, 5.41) is 3.81. The predicted molar refractivity (Wildman–Crippen MR) is 54.9 cm³/mol. The Hall–Kier alpha value is -2.43. The van der Waals surface area contributed by atoms with E-state index in [-0.39, 0.29) is 11.7 Å². The minimum atomic E-state index is -0.488. The third kappa shape index (κ3) is 1.38. The van der Waals surface area contributed by atoms with Crippen LogP contribution in [0.1, 0.15) is 0 Å². The molecule has 0 radical (unpaired) electrons. The van der Waals surface area contributed by atoms with Crippen LogP contribution in [0.3, 0.4) is 0 Å². The van der Waals surface area contributed by atoms with Crippen molar-refractivity contribution in [3.05, 3.63) is 46.8 Å². The fourth-order valence-corrected chi connectivity index (χ4v) is 1.40. The molecule has 5 heteroatoms. The van der Waals surface area contributed by atoms with Gasteiger partial charge in [-0.2, -0.15) is 4.98 Å². The summed E-state index contributed by atoms with van der Waals surface area (Å²) < 4.78 is 9.84. The lowest BCUT2D eigenvalue weighted by Crippen LogP contribution is -1.90. The van der Waals surface area contributed by atoms with Crippen molar-refractivity contribution < 1.29 is 8.94 Å². The van der Waals surface area contributed by atoms with Crippen molar-refractivity contribution >= 4 is 0 Å². The summed E-state index contributed by atoms with van der Waals surface area (Å²) in [6.07, 6.45) is 0. The van der Waals surface area contributed by atoms with Crippen LogP contribution in [0, 0.1) is 0 Å². The number of hydrogen-bond acceptors (Lipinski definition) is 5. The number of furan rings is 1. The second-order valence-corrected chi connectivity index (χ2v) is 3.22. The van der Waals surface area contributed by atoms with Crippen LogP contribution in [0.25, 0.3) is 23.0 Å². The summed E-state index contributed by atoms with van der Waals surface area (Å²) in [6.45, 7) is 0. The second-order valence-electron chi connectivity index (χ2n) is 3.22. The lowest BCUT2D eigenvalue weighted by Gasteiger charge is -1.98. The predicted octanol–water partition coefficient (Wildman–Crippen LogP) is 1.79. The number of nitrogens with zero attached hydrogens (tertiary/aromatic N) is 2. The molecule has 1 aromatic carbocycles. The van der Waals surface area contributed by atoms with Crippen LogP contribution < -0.4 is 5.63 Å². The summed E-state index contributed by atoms with van der Waals surface area (Å²) >= 11 is 0. The van der Waals surface area contributed by atoms with Crippen molar-refractivity contribution in [2.45, 2.75) is 0 Å². The largest absolute Gasteiger partial charge is 0.400 e. The van der Waals surface area contributed by atoms with Gasteiger partial charge in [0.15, 0.2) is 0 Å². The number of benzene rings is 1. The zero-order chi connectivity index (χ0) is 11.0. The minimum absolute atomic E-state index is 0.166. The zero-order valence-corrected chi connectivity index (χ0v) is 8.08. The Labute approximate surface area is 89.7 Å². The van der Waals surface area contributed by atoms with Gasteiger partial charge in [0.2, 0.25) is 11.6 Å². The van der Waals surface area contributed by atoms with E-state index < -0.39 is 5.63 Å². The fourth-order valence-electron chi connectivity index (χ4n) is 1.40. The highest BCUT2D eigenvalue weighted by atomic mass is 16.5. The first-order chi connectivity index (χ1) is 7.83. The molecule has 0 bridgehead atoms. The SMILES string of the molecule is O=c1cc2onc(-c3ccccc3)nc-2o1. The molecular formula is C11H6N2O3. The van der Waals surface area contributed by atoms with E-state index in [1.54, 1.807) is 0 Å². The van der Waals surface area contributed by atoms with E-state index in [1.807, 2.05) is 30.3 Å². The van der Waals surface area contributed by atoms with E-state index in [2.05, 4.69) is 10.1 Å². The summed E-state index contributed by atoms with van der Waals surface area (Å²) in [6, 6.07) is 10.5. The summed E-state index contributed by atoms with van der Waals surface area (Å²) in [5.74, 6) is 0.811. The first kappa shape index (κ1) is 8.84. The molecule has 0 saturated carbocycles. The maximum Gasteiger partial charge on any atom is 0.341 e. The molecule has 0 unspecified atom stereocenters. The minimum Gasteiger partial charge on any atom is -0.400 e. The van der Waals surface area contributed by atoms with Gasteiger partial charge in [-0.05, 0) is 0 Å². The van der Waals surface area contributed by atoms with Crippen molar-refractivity contribution in [1.82, 2.24) is 10.1 Å². The van der Waals surface area contributed by atoms with E-state index in [0.717, 1.165) is 5.56 Å². The number of fused-ring (bicyclic) bond motifs is 1. The van der Waals surface area contributed by atoms with E-state index in [4.69, 9.17) is 8.94 Å². The number of rotatable bonds is 1. The molecular weight excluding hydrogens is 208 g/mol. The highest BCUT2D eigenvalue weighted by Crippen LogP contribution is 2.21. The average molecular weight is 214 g/mol. The van der Waals surface area contributed by atoms with Crippen molar-refractivity contribution in [2.75, 3.05) is 0 Å². The molecule has 0 N–H and O–H groups in total. The summed E-state index contributed by atoms with van der Waals surface area (Å²) in [7, 11) is 0. The maximum absolute atomic E-state index is 10.9. The van der Waals surface area contributed by atoms with Gasteiger partial charge in [0, 0.05) is 5.56 Å². The molecule has 0 spiro atoms. The lowest BCUT2D eigenvalue weighted by atomic mass is 10.2. The quantitative estimate of drug-likeness (QED) is 0.617. The molecule has 16 heavy (non-hydrogen) atoms. The lowest BCUT2D eigenvalue weighted by molar-refractivity contribution is 0.393. The third-order valence-corrected chi connectivity index (χ3v) is 2.13. The highest BCUT2D eigenvalue weighted by Gasteiger charge is 2.15. The van der Waals surface area contributed by atoms with Gasteiger partial charge in [-0.15, -0.1) is 0 Å². The standard InChI is InChI=1S/C11H6N2O3/c14-9-6-8-11(15-9)12-10(13-16-8)7-4-2-1-3-5-7/h1-6H. The number of hydrogen-bond donors (Lipinski definition) is 0. The van der Waals surface area contributed by atoms with E-state index in [9.17, 15) is 4.79 Å². The molecule has 0 aromatic heterocycles. The Kier molecular flexibility index (Phi) is 1.83. The average Bonchev–Trinajstić information content (AvgIpc) is 2.69. The topological polar surface area (TPSA) is 69.1 Å². The van der Waals surface area contributed by atoms with Crippen LogP contribution in [0.5, 0.6) is 0 Å². The smallest absolute Gasteiger partial charge is 0.341 e. The van der Waals surface area contributed by atoms with E-state index in [0.29, 0.717) is 5.82 Å². The summed E-state index contributed by atoms with van der Waals surface area (Å²) in [5.41, 5.74) is 0.315. The van der Waals surface area contributed by atoms with Crippen molar-refractivity contribution in [3.8, 4) is 23.0 Å². The molecule has 0 aliphatic carbocycles. The molecule has 2 heterocycles. The fraction of sp³-hybridized carbons (Fsp3) is 0. The first-order valence-electron chi connectivity index (χ1n) is 4.66. The Balaban J connectivity index is 2.20. The van der Waals surface area contributed by atoms with Gasteiger partial charge in [-0.1, -0.05) is 35.5 Å². The molecule has 0 saturated heterocycles. The maximum atomic E-state index is 10.9. The van der Waals surface area contributed by atoms with Crippen LogP contribution in [-0.2, 0) is 0 Å². The Morgan fingerprint density at radius 2 is 1.94 bits per heavy atom. The molecule has 0 fully saturated rings. The van der Waals surface area contributed by atoms with Gasteiger partial charge in [0.05, 0.1) is 6.07 Å². The van der Waals surface area contributed by atoms with E-state index in [1.165, 1.54) is 6.07 Å². The first-order valence-corrected chi connectivity index (χ1v) is 4.66. The van der Waals surface area contributed by atoms with Crippen LogP contribution in [-0.4, -0.2) is 10.1 Å². The van der Waals surface area contributed by atoms with Gasteiger partial charge < -0.3 is 8.94 Å². The molecule has 5 nitrogen and oxygen atoms in total. The van der Waals surface area contributed by atoms with Crippen molar-refractivity contribution in [1.29, 1.82) is 0 Å². The monoisotopic (exact) mass is 214 g/mol. The Morgan fingerprint density at radius 3 is 2.75 bits per heavy atom. The molecule has 78 valence electrons. The highest BCUT2D eigenvalue weighted by molar-refractivity contribution is 5.56. The van der Waals surface area contributed by atoms with Crippen LogP contribution in [0.2, 0.25) is 0 Å². The van der Waals surface area contributed by atoms with Gasteiger partial charge in [0.1, 0.15) is 0 Å². The Bertz CT molecular complexity index is 642. The van der Waals surface area contributed by atoms with Gasteiger partial charge in [0.25, 0.3) is 5.89 Å². The van der Waals surface area contributed by atoms with Gasteiger partial charge in [-0.3, -0.25) is 0 Å². The van der Waals surface area contributed by atoms with Crippen LogP contribution in [0.4, 0.5) is 0 Å². The molecule has 0 amide bonds. The van der Waals surface area contributed by atoms with Gasteiger partial charge in [-0.25, -0.2) is 4.79 Å². The van der Waals surface area contributed by atoms with Crippen molar-refractivity contribution in [2.24, 2.45) is 0 Å². The van der Waals surface area contributed by atoms with Crippen molar-refractivity contribution in [3.63, 3.8) is 0 Å². The third-order valence-electron chi connectivity index (χ3n) is 2.13. The zero-order valence-electron chi connectivity index (χ0n) is 8.08. The van der Waals surface area contributed by atoms with Gasteiger partial charge >= 0.3 is 5.63 Å². The second kappa shape index (κ2) is 3.30. The van der Waals surface area contributed by atoms with Crippen LogP contribution >= 0.6 is 0 Å². The molecule has 3 rings (SSSR count).